The number of hydrogen-bond donors (Lipinski definition) is 1. The summed E-state index contributed by atoms with van der Waals surface area (Å²) in [6.07, 6.45) is 4.88. The maximum Gasteiger partial charge on any atom is 0.0303 e. The molecule has 0 saturated heterocycles. The van der Waals surface area contributed by atoms with Gasteiger partial charge in [0.05, 0.1) is 0 Å². The van der Waals surface area contributed by atoms with Crippen LogP contribution in [0, 0.1) is 5.92 Å². The second-order valence-corrected chi connectivity index (χ2v) is 3.51. The largest absolute Gasteiger partial charge is 0.330 e. The zero-order chi connectivity index (χ0) is 9.68. The van der Waals surface area contributed by atoms with Gasteiger partial charge in [-0.15, -0.1) is 0 Å². The van der Waals surface area contributed by atoms with Crippen molar-refractivity contribution in [3.8, 4) is 0 Å². The van der Waals surface area contributed by atoms with E-state index in [1.54, 1.807) is 6.20 Å². The summed E-state index contributed by atoms with van der Waals surface area (Å²) in [7, 11) is 0. The van der Waals surface area contributed by atoms with Crippen LogP contribution in [0.25, 0.3) is 0 Å². The van der Waals surface area contributed by atoms with E-state index in [4.69, 9.17) is 5.73 Å². The fourth-order valence-electron chi connectivity index (χ4n) is 1.58. The average molecular weight is 178 g/mol. The first kappa shape index (κ1) is 10.2. The first-order chi connectivity index (χ1) is 6.29. The van der Waals surface area contributed by atoms with Crippen molar-refractivity contribution < 1.29 is 0 Å². The molecule has 1 aromatic rings. The maximum atomic E-state index is 5.75. The standard InChI is InChI=1S/C11H18N2/c1-3-9(2)11(7-12)10-5-4-6-13-8-10/h4-6,8-9,11H,3,7,12H2,1-2H3. The number of rotatable bonds is 4. The molecule has 2 heteroatoms. The van der Waals surface area contributed by atoms with Crippen LogP contribution in [0.3, 0.4) is 0 Å². The summed E-state index contributed by atoms with van der Waals surface area (Å²) in [4.78, 5) is 4.11. The molecule has 0 aliphatic carbocycles. The van der Waals surface area contributed by atoms with E-state index in [0.29, 0.717) is 18.4 Å². The van der Waals surface area contributed by atoms with Crippen molar-refractivity contribution in [1.29, 1.82) is 0 Å². The molecule has 2 unspecified atom stereocenters. The molecule has 1 aromatic heterocycles. The first-order valence-corrected chi connectivity index (χ1v) is 4.89. The van der Waals surface area contributed by atoms with E-state index in [2.05, 4.69) is 24.9 Å². The molecule has 0 saturated carbocycles. The lowest BCUT2D eigenvalue weighted by Gasteiger charge is -2.21. The third-order valence-corrected chi connectivity index (χ3v) is 2.70. The molecule has 0 amide bonds. The number of nitrogens with two attached hydrogens (primary N) is 1. The third kappa shape index (κ3) is 2.52. The molecule has 0 spiro atoms. The van der Waals surface area contributed by atoms with Crippen molar-refractivity contribution in [1.82, 2.24) is 4.98 Å². The Morgan fingerprint density at radius 2 is 2.31 bits per heavy atom. The van der Waals surface area contributed by atoms with Crippen molar-refractivity contribution in [2.24, 2.45) is 11.7 Å². The SMILES string of the molecule is CCC(C)C(CN)c1cccnc1. The van der Waals surface area contributed by atoms with Crippen LogP contribution < -0.4 is 5.73 Å². The quantitative estimate of drug-likeness (QED) is 0.767. The lowest BCUT2D eigenvalue weighted by atomic mass is 9.86. The highest BCUT2D eigenvalue weighted by Gasteiger charge is 2.15. The Morgan fingerprint density at radius 1 is 1.54 bits per heavy atom. The Balaban J connectivity index is 2.78. The van der Waals surface area contributed by atoms with Gasteiger partial charge in [0.1, 0.15) is 0 Å². The topological polar surface area (TPSA) is 38.9 Å². The highest BCUT2D eigenvalue weighted by Crippen LogP contribution is 2.24. The normalized spacial score (nSPS) is 15.3. The first-order valence-electron chi connectivity index (χ1n) is 4.89. The molecular weight excluding hydrogens is 160 g/mol. The highest BCUT2D eigenvalue weighted by atomic mass is 14.6. The van der Waals surface area contributed by atoms with E-state index < -0.39 is 0 Å². The molecule has 1 heterocycles. The predicted molar refractivity (Wildman–Crippen MR) is 55.5 cm³/mol. The van der Waals surface area contributed by atoms with Crippen LogP contribution in [0.4, 0.5) is 0 Å². The van der Waals surface area contributed by atoms with E-state index in [9.17, 15) is 0 Å². The van der Waals surface area contributed by atoms with E-state index in [-0.39, 0.29) is 0 Å². The summed E-state index contributed by atoms with van der Waals surface area (Å²) in [6, 6.07) is 4.08. The summed E-state index contributed by atoms with van der Waals surface area (Å²) in [6.45, 7) is 5.15. The predicted octanol–water partition coefficient (Wildman–Crippen LogP) is 2.17. The summed E-state index contributed by atoms with van der Waals surface area (Å²) in [5, 5.41) is 0. The van der Waals surface area contributed by atoms with Gasteiger partial charge < -0.3 is 5.73 Å². The molecule has 2 atom stereocenters. The van der Waals surface area contributed by atoms with E-state index in [1.165, 1.54) is 5.56 Å². The van der Waals surface area contributed by atoms with Gasteiger partial charge in [0.15, 0.2) is 0 Å². The van der Waals surface area contributed by atoms with E-state index >= 15 is 0 Å². The van der Waals surface area contributed by atoms with Gasteiger partial charge in [-0.05, 0) is 24.1 Å². The summed E-state index contributed by atoms with van der Waals surface area (Å²) in [5.74, 6) is 1.09. The summed E-state index contributed by atoms with van der Waals surface area (Å²) < 4.78 is 0. The van der Waals surface area contributed by atoms with E-state index in [0.717, 1.165) is 6.42 Å². The van der Waals surface area contributed by atoms with E-state index in [1.807, 2.05) is 12.3 Å². The van der Waals surface area contributed by atoms with Crippen molar-refractivity contribution in [2.75, 3.05) is 6.54 Å². The Labute approximate surface area is 80.2 Å². The van der Waals surface area contributed by atoms with Crippen LogP contribution >= 0.6 is 0 Å². The van der Waals surface area contributed by atoms with Crippen molar-refractivity contribution in [2.45, 2.75) is 26.2 Å². The molecule has 0 aromatic carbocycles. The minimum atomic E-state index is 0.457. The van der Waals surface area contributed by atoms with Crippen LogP contribution in [-0.2, 0) is 0 Å². The molecular formula is C11H18N2. The van der Waals surface area contributed by atoms with Gasteiger partial charge in [0.2, 0.25) is 0 Å². The van der Waals surface area contributed by atoms with Crippen molar-refractivity contribution >= 4 is 0 Å². The summed E-state index contributed by atoms with van der Waals surface area (Å²) in [5.41, 5.74) is 7.02. The fraction of sp³-hybridized carbons (Fsp3) is 0.545. The second kappa shape index (κ2) is 4.97. The Hall–Kier alpha value is -0.890. The van der Waals surface area contributed by atoms with Gasteiger partial charge in [-0.3, -0.25) is 4.98 Å². The van der Waals surface area contributed by atoms with Gasteiger partial charge in [-0.2, -0.15) is 0 Å². The smallest absolute Gasteiger partial charge is 0.0303 e. The van der Waals surface area contributed by atoms with Crippen LogP contribution in [0.2, 0.25) is 0 Å². The van der Waals surface area contributed by atoms with Gasteiger partial charge in [0.25, 0.3) is 0 Å². The van der Waals surface area contributed by atoms with Gasteiger partial charge in [0, 0.05) is 18.3 Å². The van der Waals surface area contributed by atoms with Gasteiger partial charge >= 0.3 is 0 Å². The fourth-order valence-corrected chi connectivity index (χ4v) is 1.58. The van der Waals surface area contributed by atoms with Gasteiger partial charge in [-0.25, -0.2) is 0 Å². The molecule has 0 bridgehead atoms. The molecule has 2 nitrogen and oxygen atoms in total. The lowest BCUT2D eigenvalue weighted by molar-refractivity contribution is 0.451. The second-order valence-electron chi connectivity index (χ2n) is 3.51. The molecule has 0 fully saturated rings. The summed E-state index contributed by atoms with van der Waals surface area (Å²) >= 11 is 0. The monoisotopic (exact) mass is 178 g/mol. The maximum absolute atomic E-state index is 5.75. The molecule has 2 N–H and O–H groups in total. The zero-order valence-electron chi connectivity index (χ0n) is 8.40. The van der Waals surface area contributed by atoms with Crippen LogP contribution in [0.15, 0.2) is 24.5 Å². The average Bonchev–Trinajstić information content (AvgIpc) is 2.20. The minimum Gasteiger partial charge on any atom is -0.330 e. The number of nitrogens with zero attached hydrogens (tertiary/aromatic N) is 1. The minimum absolute atomic E-state index is 0.457. The Bertz CT molecular complexity index is 233. The number of pyridine rings is 1. The van der Waals surface area contributed by atoms with Crippen LogP contribution in [-0.4, -0.2) is 11.5 Å². The molecule has 13 heavy (non-hydrogen) atoms. The zero-order valence-corrected chi connectivity index (χ0v) is 8.40. The van der Waals surface area contributed by atoms with Gasteiger partial charge in [-0.1, -0.05) is 26.3 Å². The highest BCUT2D eigenvalue weighted by molar-refractivity contribution is 5.15. The van der Waals surface area contributed by atoms with Crippen molar-refractivity contribution in [3.63, 3.8) is 0 Å². The molecule has 0 aliphatic heterocycles. The molecule has 72 valence electrons. The van der Waals surface area contributed by atoms with Crippen LogP contribution in [0.5, 0.6) is 0 Å². The number of aromatic nitrogens is 1. The van der Waals surface area contributed by atoms with Crippen LogP contribution in [0.1, 0.15) is 31.7 Å². The molecule has 0 aliphatic rings. The molecule has 0 radical (unpaired) electrons. The Morgan fingerprint density at radius 3 is 2.77 bits per heavy atom. The van der Waals surface area contributed by atoms with Crippen molar-refractivity contribution in [3.05, 3.63) is 30.1 Å². The Kier molecular flexibility index (Phi) is 3.90. The number of hydrogen-bond acceptors (Lipinski definition) is 2. The molecule has 1 rings (SSSR count). The third-order valence-electron chi connectivity index (χ3n) is 2.70. The lowest BCUT2D eigenvalue weighted by Crippen LogP contribution is -2.19.